The molecule has 0 fully saturated rings. The second-order valence-electron chi connectivity index (χ2n) is 1.18. The molecule has 0 saturated carbocycles. The number of hydrogen-bond donors (Lipinski definition) is 0. The summed E-state index contributed by atoms with van der Waals surface area (Å²) in [6, 6.07) is 0. The van der Waals surface area contributed by atoms with E-state index in [1.54, 1.807) is 5.70 Å². The molecule has 0 unspecified atom stereocenters. The zero-order valence-electron chi connectivity index (χ0n) is 4.36. The lowest BCUT2D eigenvalue weighted by molar-refractivity contribution is 1.57. The molecule has 0 aliphatic rings. The molecule has 0 aromatic carbocycles. The summed E-state index contributed by atoms with van der Waals surface area (Å²) < 4.78 is 0. The summed E-state index contributed by atoms with van der Waals surface area (Å²) in [5, 5.41) is 0. The summed E-state index contributed by atoms with van der Waals surface area (Å²) in [6.07, 6.45) is 1.89. The Bertz CT molecular complexity index is 74.1. The lowest BCUT2D eigenvalue weighted by Gasteiger charge is -1.75. The van der Waals surface area contributed by atoms with E-state index in [1.165, 1.54) is 0 Å². The zero-order chi connectivity index (χ0) is 4.99. The Morgan fingerprint density at radius 1 is 1.71 bits per heavy atom. The Balaban J connectivity index is 0. The molecule has 0 amide bonds. The Hall–Kier alpha value is -0.0862. The smallest absolute Gasteiger partial charge is 0.0600 e. The van der Waals surface area contributed by atoms with Crippen molar-refractivity contribution in [3.05, 3.63) is 23.9 Å². The van der Waals surface area contributed by atoms with Gasteiger partial charge in [-0.05, 0) is 6.92 Å². The van der Waals surface area contributed by atoms with E-state index in [-0.39, 0.29) is 11.0 Å². The van der Waals surface area contributed by atoms with Crippen LogP contribution >= 0.6 is 0 Å². The van der Waals surface area contributed by atoms with Crippen LogP contribution < -0.4 is 0 Å². The van der Waals surface area contributed by atoms with Crippen LogP contribution in [0.5, 0.6) is 0 Å². The van der Waals surface area contributed by atoms with Crippen molar-refractivity contribution in [2.45, 2.75) is 6.92 Å². The summed E-state index contributed by atoms with van der Waals surface area (Å²) >= 11 is 0. The maximum absolute atomic E-state index is 3.63. The first kappa shape index (κ1) is 10.0. The van der Waals surface area contributed by atoms with Crippen molar-refractivity contribution in [3.8, 4) is 0 Å². The molecule has 0 heterocycles. The van der Waals surface area contributed by atoms with Gasteiger partial charge in [-0.3, -0.25) is 0 Å². The number of hydrogen-bond acceptors (Lipinski definition) is 0. The fourth-order valence-electron chi connectivity index (χ4n) is 0.142. The minimum atomic E-state index is 0. The van der Waals surface area contributed by atoms with Crippen LogP contribution in [-0.4, -0.2) is 21.2 Å². The van der Waals surface area contributed by atoms with Gasteiger partial charge in [0.05, 0.1) is 10.2 Å². The molecule has 7 heavy (non-hydrogen) atoms. The minimum absolute atomic E-state index is 0. The van der Waals surface area contributed by atoms with Crippen LogP contribution in [0.1, 0.15) is 6.92 Å². The quantitative estimate of drug-likeness (QED) is 0.358. The third-order valence-corrected chi connectivity index (χ3v) is 0.535. The van der Waals surface area contributed by atoms with E-state index in [0.717, 1.165) is 5.57 Å². The predicted molar refractivity (Wildman–Crippen MR) is 35.5 cm³/mol. The highest BCUT2D eigenvalue weighted by atomic mass is 28.1. The van der Waals surface area contributed by atoms with E-state index in [2.05, 4.69) is 16.8 Å². The third-order valence-electron chi connectivity index (χ3n) is 0.368. The van der Waals surface area contributed by atoms with Crippen molar-refractivity contribution in [2.24, 2.45) is 0 Å². The molecule has 2 heteroatoms. The second-order valence-corrected chi connectivity index (χ2v) is 1.51. The van der Waals surface area contributed by atoms with Crippen LogP contribution in [0.15, 0.2) is 23.9 Å². The molecule has 0 N–H and O–H groups in total. The van der Waals surface area contributed by atoms with Crippen molar-refractivity contribution in [3.63, 3.8) is 0 Å². The Kier molecular flexibility index (Phi) is 8.46. The van der Waals surface area contributed by atoms with Gasteiger partial charge < -0.3 is 0 Å². The maximum atomic E-state index is 3.63. The monoisotopic (exact) mass is 123 g/mol. The lowest BCUT2D eigenvalue weighted by atomic mass is 10.4. The van der Waals surface area contributed by atoms with Crippen molar-refractivity contribution in [1.82, 2.24) is 0 Å². The molecule has 0 aromatic rings. The van der Waals surface area contributed by atoms with E-state index in [0.29, 0.717) is 0 Å². The SMILES string of the molecule is C=C(C)/C=C/[Si].[Si]. The predicted octanol–water partition coefficient (Wildman–Crippen LogP) is 0.864. The highest BCUT2D eigenvalue weighted by molar-refractivity contribution is 6.17. The van der Waals surface area contributed by atoms with E-state index < -0.39 is 0 Å². The summed E-state index contributed by atoms with van der Waals surface area (Å²) in [5.74, 6) is 0. The number of rotatable bonds is 1. The largest absolute Gasteiger partial charge is 0.102 e. The maximum Gasteiger partial charge on any atom is 0.0600 e. The summed E-state index contributed by atoms with van der Waals surface area (Å²) in [5.41, 5.74) is 2.84. The number of allylic oxidation sites excluding steroid dienone is 2. The van der Waals surface area contributed by atoms with Crippen molar-refractivity contribution >= 4 is 21.2 Å². The van der Waals surface area contributed by atoms with Crippen molar-refractivity contribution in [2.75, 3.05) is 0 Å². The molecule has 0 aliphatic carbocycles. The van der Waals surface area contributed by atoms with Gasteiger partial charge in [-0.2, -0.15) is 0 Å². The normalized spacial score (nSPS) is 8.29. The van der Waals surface area contributed by atoms with Gasteiger partial charge in [0, 0.05) is 11.0 Å². The van der Waals surface area contributed by atoms with Crippen molar-refractivity contribution < 1.29 is 0 Å². The summed E-state index contributed by atoms with van der Waals surface area (Å²) in [7, 11) is 3.15. The van der Waals surface area contributed by atoms with Crippen LogP contribution in [-0.2, 0) is 0 Å². The fraction of sp³-hybridized carbons (Fsp3) is 0.200. The standard InChI is InChI=1S/C5H7Si.Si/c1-5(2)3-4-6;/h3-4H,1H2,2H3;/b4-3+;. The van der Waals surface area contributed by atoms with Crippen LogP contribution in [0.4, 0.5) is 0 Å². The molecule has 0 bridgehead atoms. The van der Waals surface area contributed by atoms with Gasteiger partial charge in [0.15, 0.2) is 0 Å². The first-order chi connectivity index (χ1) is 2.77. The fourth-order valence-corrected chi connectivity index (χ4v) is 0.427. The van der Waals surface area contributed by atoms with Gasteiger partial charge >= 0.3 is 0 Å². The average molecular weight is 123 g/mol. The van der Waals surface area contributed by atoms with E-state index in [1.807, 2.05) is 13.0 Å². The van der Waals surface area contributed by atoms with Gasteiger partial charge in [-0.1, -0.05) is 18.2 Å². The summed E-state index contributed by atoms with van der Waals surface area (Å²) in [6.45, 7) is 5.57. The van der Waals surface area contributed by atoms with Gasteiger partial charge in [-0.15, -0.1) is 5.70 Å². The highest BCUT2D eigenvalue weighted by Gasteiger charge is 1.63. The van der Waals surface area contributed by atoms with Gasteiger partial charge in [0.2, 0.25) is 0 Å². The first-order valence-corrected chi connectivity index (χ1v) is 2.34. The molecule has 0 nitrogen and oxygen atoms in total. The van der Waals surface area contributed by atoms with Crippen LogP contribution in [0.3, 0.4) is 0 Å². The first-order valence-electron chi connectivity index (χ1n) is 1.76. The molecule has 0 spiro atoms. The van der Waals surface area contributed by atoms with E-state index in [4.69, 9.17) is 0 Å². The molecule has 7 radical (unpaired) electrons. The van der Waals surface area contributed by atoms with E-state index in [9.17, 15) is 0 Å². The molecule has 0 saturated heterocycles. The molecule has 0 rings (SSSR count). The third kappa shape index (κ3) is 10.7. The lowest BCUT2D eigenvalue weighted by Crippen LogP contribution is -1.57. The van der Waals surface area contributed by atoms with Crippen LogP contribution in [0.25, 0.3) is 0 Å². The van der Waals surface area contributed by atoms with Gasteiger partial charge in [0.25, 0.3) is 0 Å². The molecule has 0 aromatic heterocycles. The van der Waals surface area contributed by atoms with Gasteiger partial charge in [0.1, 0.15) is 0 Å². The molecular formula is C5H7Si2. The molecule has 35 valence electrons. The molecule has 0 atom stereocenters. The Morgan fingerprint density at radius 2 is 2.14 bits per heavy atom. The Labute approximate surface area is 52.8 Å². The average Bonchev–Trinajstić information content (AvgIpc) is 1.35. The Morgan fingerprint density at radius 3 is 2.14 bits per heavy atom. The van der Waals surface area contributed by atoms with Crippen LogP contribution in [0.2, 0.25) is 0 Å². The molecular weight excluding hydrogens is 116 g/mol. The highest BCUT2D eigenvalue weighted by Crippen LogP contribution is 1.83. The van der Waals surface area contributed by atoms with Crippen LogP contribution in [0, 0.1) is 0 Å². The zero-order valence-corrected chi connectivity index (χ0v) is 6.36. The van der Waals surface area contributed by atoms with Gasteiger partial charge in [-0.25, -0.2) is 0 Å². The topological polar surface area (TPSA) is 0 Å². The van der Waals surface area contributed by atoms with E-state index >= 15 is 0 Å². The minimum Gasteiger partial charge on any atom is -0.102 e. The molecule has 0 aliphatic heterocycles. The summed E-state index contributed by atoms with van der Waals surface area (Å²) in [4.78, 5) is 0. The second kappa shape index (κ2) is 5.91. The van der Waals surface area contributed by atoms with Crippen molar-refractivity contribution in [1.29, 1.82) is 0 Å².